The van der Waals surface area contributed by atoms with Crippen molar-refractivity contribution in [3.63, 3.8) is 0 Å². The van der Waals surface area contributed by atoms with Gasteiger partial charge in [-0.25, -0.2) is 4.98 Å². The molecule has 0 unspecified atom stereocenters. The number of pyridine rings is 1. The number of amides is 2. The Morgan fingerprint density at radius 2 is 2.22 bits per heavy atom. The van der Waals surface area contributed by atoms with E-state index in [4.69, 9.17) is 5.26 Å². The van der Waals surface area contributed by atoms with Crippen LogP contribution >= 0.6 is 0 Å². The average molecular weight is 244 g/mol. The molecule has 0 N–H and O–H groups in total. The molecule has 6 nitrogen and oxygen atoms in total. The molecule has 18 heavy (non-hydrogen) atoms. The van der Waals surface area contributed by atoms with E-state index in [1.54, 1.807) is 11.9 Å². The van der Waals surface area contributed by atoms with E-state index in [9.17, 15) is 9.59 Å². The molecule has 0 aliphatic carbocycles. The summed E-state index contributed by atoms with van der Waals surface area (Å²) >= 11 is 0. The van der Waals surface area contributed by atoms with Crippen molar-refractivity contribution in [2.75, 3.05) is 26.7 Å². The van der Waals surface area contributed by atoms with Crippen LogP contribution in [0.15, 0.2) is 18.3 Å². The number of aromatic nitrogens is 1. The van der Waals surface area contributed by atoms with E-state index in [0.29, 0.717) is 18.7 Å². The van der Waals surface area contributed by atoms with Gasteiger partial charge in [0.1, 0.15) is 18.3 Å². The number of carbonyl (C=O) groups excluding carboxylic acids is 2. The maximum Gasteiger partial charge on any atom is 0.272 e. The van der Waals surface area contributed by atoms with Gasteiger partial charge in [-0.15, -0.1) is 0 Å². The zero-order chi connectivity index (χ0) is 13.1. The lowest BCUT2D eigenvalue weighted by atomic mass is 10.2. The van der Waals surface area contributed by atoms with Crippen molar-refractivity contribution >= 4 is 11.8 Å². The standard InChI is InChI=1S/C12H12N4O2/c1-15-4-5-16(8-11(15)17)12(18)10-3-2-9(6-13)7-14-10/h2-3,7H,4-5,8H2,1H3. The van der Waals surface area contributed by atoms with Crippen molar-refractivity contribution in [3.8, 4) is 6.07 Å². The maximum absolute atomic E-state index is 12.1. The van der Waals surface area contributed by atoms with Crippen molar-refractivity contribution in [3.05, 3.63) is 29.6 Å². The summed E-state index contributed by atoms with van der Waals surface area (Å²) in [4.78, 5) is 30.6. The molecule has 1 saturated heterocycles. The topological polar surface area (TPSA) is 77.3 Å². The van der Waals surface area contributed by atoms with Gasteiger partial charge in [-0.05, 0) is 12.1 Å². The molecule has 2 rings (SSSR count). The van der Waals surface area contributed by atoms with Crippen LogP contribution in [-0.4, -0.2) is 53.3 Å². The Hall–Kier alpha value is -2.42. The molecule has 1 aliphatic heterocycles. The maximum atomic E-state index is 12.1. The highest BCUT2D eigenvalue weighted by atomic mass is 16.2. The van der Waals surface area contributed by atoms with Crippen LogP contribution in [-0.2, 0) is 4.79 Å². The third-order valence-electron chi connectivity index (χ3n) is 2.86. The van der Waals surface area contributed by atoms with Crippen LogP contribution in [0.4, 0.5) is 0 Å². The first kappa shape index (κ1) is 12.0. The molecule has 6 heteroatoms. The highest BCUT2D eigenvalue weighted by Gasteiger charge is 2.26. The fraction of sp³-hybridized carbons (Fsp3) is 0.333. The number of hydrogen-bond donors (Lipinski definition) is 0. The molecule has 1 aromatic rings. The van der Waals surface area contributed by atoms with Crippen LogP contribution in [0.25, 0.3) is 0 Å². The summed E-state index contributed by atoms with van der Waals surface area (Å²) in [5, 5.41) is 8.64. The van der Waals surface area contributed by atoms with E-state index in [1.807, 2.05) is 6.07 Å². The largest absolute Gasteiger partial charge is 0.342 e. The van der Waals surface area contributed by atoms with Gasteiger partial charge in [-0.3, -0.25) is 9.59 Å². The SMILES string of the molecule is CN1CCN(C(=O)c2ccc(C#N)cn2)CC1=O. The smallest absolute Gasteiger partial charge is 0.272 e. The van der Waals surface area contributed by atoms with Crippen molar-refractivity contribution in [2.45, 2.75) is 0 Å². The number of hydrogen-bond acceptors (Lipinski definition) is 4. The predicted molar refractivity (Wildman–Crippen MR) is 62.5 cm³/mol. The second-order valence-electron chi connectivity index (χ2n) is 4.09. The van der Waals surface area contributed by atoms with E-state index >= 15 is 0 Å². The molecule has 0 radical (unpaired) electrons. The molecule has 1 aromatic heterocycles. The molecule has 0 atom stereocenters. The average Bonchev–Trinajstić information content (AvgIpc) is 2.41. The number of likely N-dealkylation sites (N-methyl/N-ethyl adjacent to an activating group) is 1. The Labute approximate surface area is 104 Å². The molecule has 2 heterocycles. The third kappa shape index (κ3) is 2.30. The zero-order valence-corrected chi connectivity index (χ0v) is 9.96. The van der Waals surface area contributed by atoms with Gasteiger partial charge >= 0.3 is 0 Å². The Morgan fingerprint density at radius 1 is 1.44 bits per heavy atom. The Kier molecular flexibility index (Phi) is 3.24. The quantitative estimate of drug-likeness (QED) is 0.689. The van der Waals surface area contributed by atoms with Gasteiger partial charge in [0.2, 0.25) is 5.91 Å². The normalized spacial score (nSPS) is 15.4. The summed E-state index contributed by atoms with van der Waals surface area (Å²) < 4.78 is 0. The van der Waals surface area contributed by atoms with E-state index in [2.05, 4.69) is 4.98 Å². The lowest BCUT2D eigenvalue weighted by Gasteiger charge is -2.31. The van der Waals surface area contributed by atoms with Gasteiger partial charge in [0.05, 0.1) is 5.56 Å². The molecule has 0 saturated carbocycles. The van der Waals surface area contributed by atoms with Crippen LogP contribution in [0, 0.1) is 11.3 Å². The van der Waals surface area contributed by atoms with Crippen molar-refractivity contribution in [1.82, 2.24) is 14.8 Å². The molecule has 92 valence electrons. The summed E-state index contributed by atoms with van der Waals surface area (Å²) in [7, 11) is 1.71. The van der Waals surface area contributed by atoms with Crippen LogP contribution in [0.2, 0.25) is 0 Å². The first-order chi connectivity index (χ1) is 8.61. The third-order valence-corrected chi connectivity index (χ3v) is 2.86. The van der Waals surface area contributed by atoms with Crippen molar-refractivity contribution in [2.24, 2.45) is 0 Å². The predicted octanol–water partition coefficient (Wildman–Crippen LogP) is -0.133. The second kappa shape index (κ2) is 4.84. The van der Waals surface area contributed by atoms with Gasteiger partial charge in [-0.1, -0.05) is 0 Å². The molecule has 0 spiro atoms. The lowest BCUT2D eigenvalue weighted by Crippen LogP contribution is -2.50. The van der Waals surface area contributed by atoms with Crippen molar-refractivity contribution < 1.29 is 9.59 Å². The van der Waals surface area contributed by atoms with Gasteiger partial charge < -0.3 is 9.80 Å². The first-order valence-corrected chi connectivity index (χ1v) is 5.51. The minimum absolute atomic E-state index is 0.0803. The molecule has 2 amide bonds. The highest BCUT2D eigenvalue weighted by molar-refractivity contribution is 5.95. The summed E-state index contributed by atoms with van der Waals surface area (Å²) in [6, 6.07) is 4.98. The van der Waals surface area contributed by atoms with Gasteiger partial charge in [0, 0.05) is 26.3 Å². The molecular formula is C12H12N4O2. The van der Waals surface area contributed by atoms with Gasteiger partial charge in [0.15, 0.2) is 0 Å². The first-order valence-electron chi connectivity index (χ1n) is 5.51. The van der Waals surface area contributed by atoms with E-state index < -0.39 is 0 Å². The van der Waals surface area contributed by atoms with Gasteiger partial charge in [-0.2, -0.15) is 5.26 Å². The van der Waals surface area contributed by atoms with Gasteiger partial charge in [0.25, 0.3) is 5.91 Å². The molecule has 1 aliphatic rings. The Balaban J connectivity index is 2.11. The Bertz CT molecular complexity index is 518. The minimum Gasteiger partial charge on any atom is -0.342 e. The lowest BCUT2D eigenvalue weighted by molar-refractivity contribution is -0.133. The number of carbonyl (C=O) groups is 2. The molecule has 0 aromatic carbocycles. The minimum atomic E-state index is -0.277. The second-order valence-corrected chi connectivity index (χ2v) is 4.09. The molecule has 1 fully saturated rings. The van der Waals surface area contributed by atoms with Crippen LogP contribution in [0.5, 0.6) is 0 Å². The fourth-order valence-corrected chi connectivity index (χ4v) is 1.68. The number of piperazine rings is 1. The highest BCUT2D eigenvalue weighted by Crippen LogP contribution is 2.07. The Morgan fingerprint density at radius 3 is 2.78 bits per heavy atom. The molecular weight excluding hydrogens is 232 g/mol. The summed E-state index contributed by atoms with van der Waals surface area (Å²) in [5.41, 5.74) is 0.660. The number of nitrogens with zero attached hydrogens (tertiary/aromatic N) is 4. The van der Waals surface area contributed by atoms with Crippen molar-refractivity contribution in [1.29, 1.82) is 5.26 Å². The fourth-order valence-electron chi connectivity index (χ4n) is 1.68. The van der Waals surface area contributed by atoms with E-state index in [-0.39, 0.29) is 24.1 Å². The van der Waals surface area contributed by atoms with Crippen LogP contribution < -0.4 is 0 Å². The van der Waals surface area contributed by atoms with Crippen LogP contribution in [0.3, 0.4) is 0 Å². The summed E-state index contributed by atoms with van der Waals surface area (Å²) in [6.45, 7) is 1.11. The summed E-state index contributed by atoms with van der Waals surface area (Å²) in [6.07, 6.45) is 1.35. The molecule has 0 bridgehead atoms. The number of rotatable bonds is 1. The number of nitriles is 1. The summed E-state index contributed by atoms with van der Waals surface area (Å²) in [5.74, 6) is -0.357. The zero-order valence-electron chi connectivity index (χ0n) is 9.96. The monoisotopic (exact) mass is 244 g/mol. The van der Waals surface area contributed by atoms with Crippen LogP contribution in [0.1, 0.15) is 16.1 Å². The van der Waals surface area contributed by atoms with E-state index in [1.165, 1.54) is 23.2 Å². The van der Waals surface area contributed by atoms with E-state index in [0.717, 1.165) is 0 Å².